The second-order valence-corrected chi connectivity index (χ2v) is 7.98. The van der Waals surface area contributed by atoms with Crippen molar-refractivity contribution < 1.29 is 14.4 Å². The van der Waals surface area contributed by atoms with Gasteiger partial charge in [-0.25, -0.2) is 4.98 Å². The molecule has 3 heterocycles. The normalized spacial score (nSPS) is 19.5. The van der Waals surface area contributed by atoms with Crippen LogP contribution in [0.25, 0.3) is 0 Å². The molecular weight excluding hydrogens is 396 g/mol. The van der Waals surface area contributed by atoms with Crippen LogP contribution in [0.4, 0.5) is 11.5 Å². The molecule has 0 spiro atoms. The van der Waals surface area contributed by atoms with Crippen molar-refractivity contribution in [2.75, 3.05) is 36.9 Å². The van der Waals surface area contributed by atoms with Crippen molar-refractivity contribution in [1.82, 2.24) is 15.2 Å². The minimum Gasteiger partial charge on any atom is -0.369 e. The Labute approximate surface area is 180 Å². The molecule has 0 saturated carbocycles. The van der Waals surface area contributed by atoms with Crippen molar-refractivity contribution in [2.45, 2.75) is 19.0 Å². The SMILES string of the molecule is CN1c2ncccc2C(=O)N[C@H]1c1ccc(NC(=O)CN2CCC(C(N)=O)CC2)cc1. The van der Waals surface area contributed by atoms with E-state index < -0.39 is 0 Å². The molecule has 1 aromatic heterocycles. The Morgan fingerprint density at radius 2 is 1.90 bits per heavy atom. The van der Waals surface area contributed by atoms with Crippen molar-refractivity contribution in [3.8, 4) is 0 Å². The van der Waals surface area contributed by atoms with Crippen LogP contribution in [0.15, 0.2) is 42.6 Å². The number of piperidine rings is 1. The lowest BCUT2D eigenvalue weighted by molar-refractivity contribution is -0.123. The van der Waals surface area contributed by atoms with Crippen molar-refractivity contribution >= 4 is 29.2 Å². The smallest absolute Gasteiger partial charge is 0.256 e. The number of nitrogens with zero attached hydrogens (tertiary/aromatic N) is 3. The molecule has 4 rings (SSSR count). The zero-order chi connectivity index (χ0) is 22.0. The first-order valence-corrected chi connectivity index (χ1v) is 10.3. The summed E-state index contributed by atoms with van der Waals surface area (Å²) in [7, 11) is 1.88. The number of carbonyl (C=O) groups is 3. The fourth-order valence-corrected chi connectivity index (χ4v) is 4.11. The zero-order valence-electron chi connectivity index (χ0n) is 17.4. The Morgan fingerprint density at radius 1 is 1.19 bits per heavy atom. The fraction of sp³-hybridized carbons (Fsp3) is 0.364. The van der Waals surface area contributed by atoms with E-state index in [4.69, 9.17) is 5.73 Å². The van der Waals surface area contributed by atoms with Crippen LogP contribution in [0.5, 0.6) is 0 Å². The summed E-state index contributed by atoms with van der Waals surface area (Å²) in [6, 6.07) is 10.9. The van der Waals surface area contributed by atoms with Crippen LogP contribution >= 0.6 is 0 Å². The number of hydrogen-bond acceptors (Lipinski definition) is 6. The van der Waals surface area contributed by atoms with Crippen molar-refractivity contribution in [3.63, 3.8) is 0 Å². The fourth-order valence-electron chi connectivity index (χ4n) is 4.11. The Morgan fingerprint density at radius 3 is 2.58 bits per heavy atom. The first-order valence-electron chi connectivity index (χ1n) is 10.3. The number of pyridine rings is 1. The average molecular weight is 422 g/mol. The van der Waals surface area contributed by atoms with Gasteiger partial charge in [-0.2, -0.15) is 0 Å². The molecule has 2 aliphatic rings. The van der Waals surface area contributed by atoms with Gasteiger partial charge >= 0.3 is 0 Å². The van der Waals surface area contributed by atoms with E-state index in [1.165, 1.54) is 0 Å². The third kappa shape index (κ3) is 4.51. The number of rotatable bonds is 5. The van der Waals surface area contributed by atoms with Crippen LogP contribution in [-0.2, 0) is 9.59 Å². The number of primary amides is 1. The minimum atomic E-state index is -0.341. The number of carbonyl (C=O) groups excluding carboxylic acids is 3. The molecule has 31 heavy (non-hydrogen) atoms. The number of nitrogens with two attached hydrogens (primary N) is 1. The van der Waals surface area contributed by atoms with Crippen LogP contribution in [0.3, 0.4) is 0 Å². The molecule has 162 valence electrons. The number of fused-ring (bicyclic) bond motifs is 1. The second kappa shape index (κ2) is 8.73. The standard InChI is InChI=1S/C22H26N6O3/c1-27-20(26-22(31)17-3-2-10-24-21(17)27)15-4-6-16(7-5-15)25-18(29)13-28-11-8-14(9-12-28)19(23)30/h2-7,10,14,20H,8-9,11-13H2,1H3,(H2,23,30)(H,25,29)(H,26,31)/t20-/m1/s1. The molecule has 3 amide bonds. The first-order chi connectivity index (χ1) is 14.9. The van der Waals surface area contributed by atoms with E-state index in [1.54, 1.807) is 18.3 Å². The van der Waals surface area contributed by atoms with Gasteiger partial charge in [-0.05, 0) is 55.8 Å². The Bertz CT molecular complexity index is 985. The lowest BCUT2D eigenvalue weighted by atomic mass is 9.96. The predicted molar refractivity (Wildman–Crippen MR) is 116 cm³/mol. The summed E-state index contributed by atoms with van der Waals surface area (Å²) >= 11 is 0. The number of benzene rings is 1. The number of amides is 3. The molecule has 2 aromatic rings. The number of aromatic nitrogens is 1. The molecule has 0 radical (unpaired) electrons. The van der Waals surface area contributed by atoms with Gasteiger partial charge in [0.25, 0.3) is 5.91 Å². The van der Waals surface area contributed by atoms with E-state index in [0.29, 0.717) is 43.0 Å². The van der Waals surface area contributed by atoms with Crippen LogP contribution in [-0.4, -0.2) is 54.3 Å². The van der Waals surface area contributed by atoms with Crippen LogP contribution in [0, 0.1) is 5.92 Å². The summed E-state index contributed by atoms with van der Waals surface area (Å²) in [5.74, 6) is 0.0135. The molecule has 1 atom stereocenters. The number of nitrogens with one attached hydrogen (secondary N) is 2. The van der Waals surface area contributed by atoms with Crippen LogP contribution in [0.1, 0.15) is 34.9 Å². The van der Waals surface area contributed by atoms with Gasteiger partial charge in [-0.15, -0.1) is 0 Å². The summed E-state index contributed by atoms with van der Waals surface area (Å²) in [6.45, 7) is 1.64. The number of anilines is 2. The Kier molecular flexibility index (Phi) is 5.85. The minimum absolute atomic E-state index is 0.0903. The van der Waals surface area contributed by atoms with Gasteiger partial charge in [-0.3, -0.25) is 19.3 Å². The van der Waals surface area contributed by atoms with Gasteiger partial charge in [0.15, 0.2) is 0 Å². The maximum absolute atomic E-state index is 12.4. The van der Waals surface area contributed by atoms with Crippen molar-refractivity contribution in [3.05, 3.63) is 53.7 Å². The molecule has 1 saturated heterocycles. The van der Waals surface area contributed by atoms with Gasteiger partial charge in [0, 0.05) is 24.8 Å². The second-order valence-electron chi connectivity index (χ2n) is 7.98. The highest BCUT2D eigenvalue weighted by atomic mass is 16.2. The highest BCUT2D eigenvalue weighted by Crippen LogP contribution is 2.30. The van der Waals surface area contributed by atoms with E-state index in [0.717, 1.165) is 5.56 Å². The molecule has 0 unspecified atom stereocenters. The van der Waals surface area contributed by atoms with Gasteiger partial charge in [0.2, 0.25) is 11.8 Å². The first kappa shape index (κ1) is 20.8. The van der Waals surface area contributed by atoms with Crippen molar-refractivity contribution in [2.24, 2.45) is 11.7 Å². The predicted octanol–water partition coefficient (Wildman–Crippen LogP) is 1.10. The molecule has 1 fully saturated rings. The molecular formula is C22H26N6O3. The number of hydrogen-bond donors (Lipinski definition) is 3. The van der Waals surface area contributed by atoms with Crippen LogP contribution in [0.2, 0.25) is 0 Å². The summed E-state index contributed by atoms with van der Waals surface area (Å²) in [5, 5.41) is 5.89. The summed E-state index contributed by atoms with van der Waals surface area (Å²) < 4.78 is 0. The zero-order valence-corrected chi connectivity index (χ0v) is 17.4. The Hall–Kier alpha value is -3.46. The van der Waals surface area contributed by atoms with Crippen LogP contribution < -0.4 is 21.3 Å². The molecule has 9 nitrogen and oxygen atoms in total. The highest BCUT2D eigenvalue weighted by molar-refractivity contribution is 6.01. The monoisotopic (exact) mass is 422 g/mol. The molecule has 1 aromatic carbocycles. The molecule has 2 aliphatic heterocycles. The van der Waals surface area contributed by atoms with E-state index in [2.05, 4.69) is 15.6 Å². The van der Waals surface area contributed by atoms with Gasteiger partial charge in [0.05, 0.1) is 12.1 Å². The topological polar surface area (TPSA) is 121 Å². The highest BCUT2D eigenvalue weighted by Gasteiger charge is 2.30. The summed E-state index contributed by atoms with van der Waals surface area (Å²) in [6.07, 6.45) is 2.71. The molecule has 0 bridgehead atoms. The van der Waals surface area contributed by atoms with Crippen molar-refractivity contribution in [1.29, 1.82) is 0 Å². The van der Waals surface area contributed by atoms with Gasteiger partial charge in [-0.1, -0.05) is 12.1 Å². The maximum atomic E-state index is 12.4. The average Bonchev–Trinajstić information content (AvgIpc) is 2.77. The van der Waals surface area contributed by atoms with E-state index in [-0.39, 0.29) is 36.3 Å². The van der Waals surface area contributed by atoms with Gasteiger partial charge in [0.1, 0.15) is 12.0 Å². The molecule has 9 heteroatoms. The van der Waals surface area contributed by atoms with Gasteiger partial charge < -0.3 is 21.3 Å². The molecule has 4 N–H and O–H groups in total. The maximum Gasteiger partial charge on any atom is 0.256 e. The number of likely N-dealkylation sites (tertiary alicyclic amines) is 1. The third-order valence-electron chi connectivity index (χ3n) is 5.89. The Balaban J connectivity index is 1.35. The lowest BCUT2D eigenvalue weighted by Crippen LogP contribution is -2.45. The van der Waals surface area contributed by atoms with E-state index >= 15 is 0 Å². The molecule has 0 aliphatic carbocycles. The largest absolute Gasteiger partial charge is 0.369 e. The lowest BCUT2D eigenvalue weighted by Gasteiger charge is -2.35. The summed E-state index contributed by atoms with van der Waals surface area (Å²) in [5.41, 5.74) is 7.47. The van der Waals surface area contributed by atoms with E-state index in [9.17, 15) is 14.4 Å². The summed E-state index contributed by atoms with van der Waals surface area (Å²) in [4.78, 5) is 44.3. The quantitative estimate of drug-likeness (QED) is 0.664. The van der Waals surface area contributed by atoms with E-state index in [1.807, 2.05) is 41.1 Å². The third-order valence-corrected chi connectivity index (χ3v) is 5.89.